The summed E-state index contributed by atoms with van der Waals surface area (Å²) in [6.45, 7) is 2.77. The van der Waals surface area contributed by atoms with E-state index < -0.39 is 10.0 Å². The number of nitrogens with two attached hydrogens (primary N) is 1. The first-order valence-corrected chi connectivity index (χ1v) is 8.98. The van der Waals surface area contributed by atoms with Crippen molar-refractivity contribution in [2.24, 2.45) is 5.73 Å². The number of thioether (sulfide) groups is 1. The maximum atomic E-state index is 12.1. The molecule has 1 aromatic rings. The Morgan fingerprint density at radius 2 is 2.17 bits per heavy atom. The highest BCUT2D eigenvalue weighted by Crippen LogP contribution is 2.23. The summed E-state index contributed by atoms with van der Waals surface area (Å²) in [6.07, 6.45) is 1.95. The molecule has 0 radical (unpaired) electrons. The summed E-state index contributed by atoms with van der Waals surface area (Å²) in [6, 6.07) is 5.02. The summed E-state index contributed by atoms with van der Waals surface area (Å²) in [7, 11) is -3.47. The molecule has 0 saturated heterocycles. The van der Waals surface area contributed by atoms with Crippen molar-refractivity contribution < 1.29 is 8.42 Å². The van der Waals surface area contributed by atoms with E-state index in [4.69, 9.17) is 5.73 Å². The highest BCUT2D eigenvalue weighted by molar-refractivity contribution is 9.10. The largest absolute Gasteiger partial charge is 0.326 e. The summed E-state index contributed by atoms with van der Waals surface area (Å²) < 4.78 is 27.3. The van der Waals surface area contributed by atoms with Gasteiger partial charge in [-0.25, -0.2) is 13.1 Å². The molecule has 1 rings (SSSR count). The van der Waals surface area contributed by atoms with E-state index in [-0.39, 0.29) is 10.1 Å². The maximum absolute atomic E-state index is 12.1. The van der Waals surface area contributed by atoms with Crippen LogP contribution in [0.2, 0.25) is 0 Å². The number of benzene rings is 1. The zero-order valence-electron chi connectivity index (χ0n) is 10.3. The molecule has 0 fully saturated rings. The molecule has 18 heavy (non-hydrogen) atoms. The van der Waals surface area contributed by atoms with Crippen LogP contribution in [0, 0.1) is 0 Å². The Hall–Kier alpha value is -0.0800. The lowest BCUT2D eigenvalue weighted by Gasteiger charge is -2.12. The number of nitrogens with one attached hydrogen (secondary N) is 1. The molecule has 0 aliphatic heterocycles. The molecule has 0 aliphatic carbocycles. The van der Waals surface area contributed by atoms with Gasteiger partial charge in [0.15, 0.2) is 0 Å². The summed E-state index contributed by atoms with van der Waals surface area (Å²) in [5.41, 5.74) is 6.39. The summed E-state index contributed by atoms with van der Waals surface area (Å²) in [4.78, 5) is 0.244. The molecule has 0 saturated carbocycles. The van der Waals surface area contributed by atoms with Gasteiger partial charge in [0.1, 0.15) is 0 Å². The zero-order chi connectivity index (χ0) is 13.8. The number of hydrogen-bond donors (Lipinski definition) is 2. The van der Waals surface area contributed by atoms with E-state index in [1.165, 1.54) is 0 Å². The molecule has 7 heteroatoms. The molecular formula is C11H17BrN2O2S2. The molecule has 0 spiro atoms. The minimum atomic E-state index is -3.47. The molecule has 0 amide bonds. The van der Waals surface area contributed by atoms with Crippen LogP contribution in [0.1, 0.15) is 12.5 Å². The Bertz CT molecular complexity index is 506. The highest BCUT2D eigenvalue weighted by Gasteiger charge is 2.18. The first kappa shape index (κ1) is 16.0. The minimum Gasteiger partial charge on any atom is -0.326 e. The maximum Gasteiger partial charge on any atom is 0.241 e. The average molecular weight is 353 g/mol. The molecule has 0 bridgehead atoms. The summed E-state index contributed by atoms with van der Waals surface area (Å²) in [5.74, 6) is 0. The van der Waals surface area contributed by atoms with Gasteiger partial charge in [-0.05, 0) is 39.9 Å². The van der Waals surface area contributed by atoms with E-state index in [0.29, 0.717) is 17.6 Å². The van der Waals surface area contributed by atoms with Crippen molar-refractivity contribution in [1.29, 1.82) is 0 Å². The van der Waals surface area contributed by atoms with Gasteiger partial charge >= 0.3 is 0 Å². The molecular weight excluding hydrogens is 336 g/mol. The van der Waals surface area contributed by atoms with Crippen LogP contribution in [0.5, 0.6) is 0 Å². The van der Waals surface area contributed by atoms with E-state index in [1.807, 2.05) is 13.2 Å². The Kier molecular flexibility index (Phi) is 6.13. The Labute approximate surface area is 121 Å². The molecule has 1 atom stereocenters. The van der Waals surface area contributed by atoms with Crippen LogP contribution >= 0.6 is 27.7 Å². The first-order chi connectivity index (χ1) is 8.40. The molecule has 3 N–H and O–H groups in total. The molecule has 1 aromatic carbocycles. The van der Waals surface area contributed by atoms with Crippen molar-refractivity contribution in [3.8, 4) is 0 Å². The Balaban J connectivity index is 2.91. The molecule has 1 unspecified atom stereocenters. The van der Waals surface area contributed by atoms with Crippen molar-refractivity contribution >= 4 is 37.7 Å². The van der Waals surface area contributed by atoms with Crippen molar-refractivity contribution in [2.75, 3.05) is 12.8 Å². The average Bonchev–Trinajstić information content (AvgIpc) is 2.35. The third kappa shape index (κ3) is 4.24. The van der Waals surface area contributed by atoms with Crippen molar-refractivity contribution in [3.63, 3.8) is 0 Å². The third-order valence-electron chi connectivity index (χ3n) is 2.48. The van der Waals surface area contributed by atoms with Crippen LogP contribution in [0.15, 0.2) is 27.6 Å². The lowest BCUT2D eigenvalue weighted by Crippen LogP contribution is -2.29. The topological polar surface area (TPSA) is 72.2 Å². The van der Waals surface area contributed by atoms with Gasteiger partial charge in [-0.15, -0.1) is 0 Å². The van der Waals surface area contributed by atoms with Crippen LogP contribution in [0.25, 0.3) is 0 Å². The van der Waals surface area contributed by atoms with Crippen LogP contribution in [0.3, 0.4) is 0 Å². The quantitative estimate of drug-likeness (QED) is 0.820. The van der Waals surface area contributed by atoms with Crippen molar-refractivity contribution in [3.05, 3.63) is 28.2 Å². The molecule has 102 valence electrons. The lowest BCUT2D eigenvalue weighted by molar-refractivity contribution is 0.581. The first-order valence-electron chi connectivity index (χ1n) is 5.41. The lowest BCUT2D eigenvalue weighted by atomic mass is 10.2. The van der Waals surface area contributed by atoms with Crippen LogP contribution in [-0.4, -0.2) is 26.5 Å². The second-order valence-corrected chi connectivity index (χ2v) is 7.73. The van der Waals surface area contributed by atoms with E-state index in [2.05, 4.69) is 20.7 Å². The second kappa shape index (κ2) is 6.91. The van der Waals surface area contributed by atoms with Crippen molar-refractivity contribution in [2.45, 2.75) is 23.6 Å². The predicted molar refractivity (Wildman–Crippen MR) is 80.2 cm³/mol. The number of hydrogen-bond acceptors (Lipinski definition) is 4. The zero-order valence-corrected chi connectivity index (χ0v) is 13.5. The van der Waals surface area contributed by atoms with Crippen LogP contribution in [-0.2, 0) is 16.6 Å². The Morgan fingerprint density at radius 3 is 2.67 bits per heavy atom. The van der Waals surface area contributed by atoms with Gasteiger partial charge in [0.25, 0.3) is 0 Å². The van der Waals surface area contributed by atoms with Gasteiger partial charge < -0.3 is 5.73 Å². The molecule has 0 heterocycles. The Morgan fingerprint density at radius 1 is 1.50 bits per heavy atom. The fraction of sp³-hybridized carbons (Fsp3) is 0.455. The van der Waals surface area contributed by atoms with E-state index in [0.717, 1.165) is 5.56 Å². The van der Waals surface area contributed by atoms with Gasteiger partial charge in [-0.1, -0.05) is 13.0 Å². The smallest absolute Gasteiger partial charge is 0.241 e. The predicted octanol–water partition coefficient (Wildman–Crippen LogP) is 1.94. The second-order valence-electron chi connectivity index (χ2n) is 3.87. The fourth-order valence-corrected chi connectivity index (χ4v) is 3.89. The monoisotopic (exact) mass is 352 g/mol. The van der Waals surface area contributed by atoms with Crippen LogP contribution < -0.4 is 10.5 Å². The number of halogens is 1. The fourth-order valence-electron chi connectivity index (χ4n) is 1.28. The number of rotatable bonds is 6. The summed E-state index contributed by atoms with van der Waals surface area (Å²) >= 11 is 4.88. The highest BCUT2D eigenvalue weighted by atomic mass is 79.9. The van der Waals surface area contributed by atoms with E-state index in [9.17, 15) is 8.42 Å². The van der Waals surface area contributed by atoms with Gasteiger partial charge in [-0.2, -0.15) is 11.8 Å². The SMILES string of the molecule is CSC(C)CNS(=O)(=O)c1ccc(CN)cc1Br. The van der Waals surface area contributed by atoms with Gasteiger partial charge in [0.05, 0.1) is 4.90 Å². The van der Waals surface area contributed by atoms with Gasteiger partial charge in [-0.3, -0.25) is 0 Å². The van der Waals surface area contributed by atoms with E-state index >= 15 is 0 Å². The standard InChI is InChI=1S/C11H17BrN2O2S2/c1-8(17-2)7-14-18(15,16)11-4-3-9(6-13)5-10(11)12/h3-5,8,14H,6-7,13H2,1-2H3. The molecule has 0 aromatic heterocycles. The van der Waals surface area contributed by atoms with Gasteiger partial charge in [0.2, 0.25) is 10.0 Å². The normalized spacial score (nSPS) is 13.6. The minimum absolute atomic E-state index is 0.238. The molecule has 0 aliphatic rings. The van der Waals surface area contributed by atoms with Crippen LogP contribution in [0.4, 0.5) is 0 Å². The van der Waals surface area contributed by atoms with Gasteiger partial charge in [0, 0.05) is 22.8 Å². The molecule has 4 nitrogen and oxygen atoms in total. The van der Waals surface area contributed by atoms with Crippen molar-refractivity contribution in [1.82, 2.24) is 4.72 Å². The summed E-state index contributed by atoms with van der Waals surface area (Å²) in [5, 5.41) is 0.238. The number of sulfonamides is 1. The third-order valence-corrected chi connectivity index (χ3v) is 5.86. The van der Waals surface area contributed by atoms with E-state index in [1.54, 1.807) is 30.0 Å².